The summed E-state index contributed by atoms with van der Waals surface area (Å²) in [7, 11) is 0. The summed E-state index contributed by atoms with van der Waals surface area (Å²) in [6.07, 6.45) is 22.0. The Labute approximate surface area is 230 Å². The van der Waals surface area contributed by atoms with Crippen molar-refractivity contribution < 1.29 is 14.2 Å². The highest BCUT2D eigenvalue weighted by Gasteiger charge is 2.28. The van der Waals surface area contributed by atoms with E-state index in [4.69, 9.17) is 14.2 Å². The van der Waals surface area contributed by atoms with Crippen LogP contribution in [0.1, 0.15) is 160 Å². The summed E-state index contributed by atoms with van der Waals surface area (Å²) < 4.78 is 15.2. The first-order chi connectivity index (χ1) is 16.0. The second-order valence-corrected chi connectivity index (χ2v) is 11.2. The summed E-state index contributed by atoms with van der Waals surface area (Å²) in [6.45, 7) is 17.6. The molecule has 3 heteroatoms. The van der Waals surface area contributed by atoms with E-state index in [2.05, 4.69) is 41.5 Å². The van der Waals surface area contributed by atoms with Crippen LogP contribution in [0.5, 0.6) is 0 Å². The van der Waals surface area contributed by atoms with Crippen LogP contribution in [-0.2, 0) is 14.2 Å². The van der Waals surface area contributed by atoms with Gasteiger partial charge >= 0.3 is 0 Å². The minimum Gasteiger partial charge on any atom is -0.381 e. The SMILES string of the molecule is C.C.C.CCC1(C)CCC1.CCC1CCC1.CCC1CCO1.CCCC1CCO1.CCCC1COC1. The average Bonchev–Trinajstić information content (AvgIpc) is 2.66. The Morgan fingerprint density at radius 2 is 1.17 bits per heavy atom. The molecule has 5 rings (SSSR count). The van der Waals surface area contributed by atoms with Crippen molar-refractivity contribution in [3.63, 3.8) is 0 Å². The first kappa shape index (κ1) is 40.4. The van der Waals surface area contributed by atoms with Gasteiger partial charge in [-0.25, -0.2) is 0 Å². The van der Waals surface area contributed by atoms with Crippen LogP contribution in [-0.4, -0.2) is 38.6 Å². The van der Waals surface area contributed by atoms with Gasteiger partial charge in [0.15, 0.2) is 0 Å². The van der Waals surface area contributed by atoms with Crippen LogP contribution in [0.15, 0.2) is 0 Å². The number of rotatable bonds is 7. The quantitative estimate of drug-likeness (QED) is 0.337. The number of ether oxygens (including phenoxy) is 3. The van der Waals surface area contributed by atoms with Crippen molar-refractivity contribution in [2.24, 2.45) is 17.3 Å². The fourth-order valence-electron chi connectivity index (χ4n) is 4.34. The summed E-state index contributed by atoms with van der Waals surface area (Å²) in [4.78, 5) is 0. The zero-order valence-corrected chi connectivity index (χ0v) is 23.5. The molecule has 222 valence electrons. The van der Waals surface area contributed by atoms with E-state index in [1.807, 2.05) is 0 Å². The molecule has 0 N–H and O–H groups in total. The molecule has 2 saturated carbocycles. The first-order valence-corrected chi connectivity index (χ1v) is 14.8. The van der Waals surface area contributed by atoms with Gasteiger partial charge in [-0.1, -0.05) is 115 Å². The van der Waals surface area contributed by atoms with E-state index in [0.29, 0.717) is 12.2 Å². The van der Waals surface area contributed by atoms with E-state index in [-0.39, 0.29) is 22.3 Å². The Morgan fingerprint density at radius 1 is 0.639 bits per heavy atom. The molecule has 5 fully saturated rings. The van der Waals surface area contributed by atoms with Gasteiger partial charge in [0.05, 0.1) is 25.4 Å². The second-order valence-electron chi connectivity index (χ2n) is 11.2. The maximum absolute atomic E-state index is 5.17. The second kappa shape index (κ2) is 25.2. The minimum absolute atomic E-state index is 0. The third-order valence-electron chi connectivity index (χ3n) is 8.27. The van der Waals surface area contributed by atoms with Gasteiger partial charge in [-0.3, -0.25) is 0 Å². The standard InChI is InChI=1S/C7H14.2C6H12O.C6H12.C5H10O.3CH4/c1-3-7(2)5-4-6-7;1-2-3-6-4-7-5-6;1-2-3-6-4-5-7-6;1-2-6-4-3-5-6;1-2-5-3-4-6-5;;;/h3-6H2,1-2H3;2*6H,2-5H2,1H3;6H,2-5H2,1H3;5H,2-4H2,1H3;3*1H4. The molecule has 0 amide bonds. The van der Waals surface area contributed by atoms with Crippen molar-refractivity contribution in [2.75, 3.05) is 26.4 Å². The third-order valence-corrected chi connectivity index (χ3v) is 8.27. The Kier molecular flexibility index (Phi) is 28.2. The summed E-state index contributed by atoms with van der Waals surface area (Å²) in [5.74, 6) is 2.02. The molecule has 2 atom stereocenters. The monoisotopic (exact) mass is 517 g/mol. The summed E-state index contributed by atoms with van der Waals surface area (Å²) in [5, 5.41) is 0. The van der Waals surface area contributed by atoms with Gasteiger partial charge in [0.1, 0.15) is 0 Å². The lowest BCUT2D eigenvalue weighted by molar-refractivity contribution is -0.0546. The molecule has 0 aromatic rings. The maximum atomic E-state index is 5.17. The fraction of sp³-hybridized carbons (Fsp3) is 1.00. The molecule has 0 spiro atoms. The topological polar surface area (TPSA) is 27.7 Å². The van der Waals surface area contributed by atoms with Gasteiger partial charge in [0.25, 0.3) is 0 Å². The third kappa shape index (κ3) is 18.2. The summed E-state index contributed by atoms with van der Waals surface area (Å²) in [6, 6.07) is 0. The van der Waals surface area contributed by atoms with Crippen LogP contribution in [0, 0.1) is 17.3 Å². The normalized spacial score (nSPS) is 24.5. The zero-order chi connectivity index (χ0) is 24.4. The van der Waals surface area contributed by atoms with E-state index in [9.17, 15) is 0 Å². The molecule has 5 aliphatic rings. The molecule has 0 aromatic carbocycles. The van der Waals surface area contributed by atoms with Crippen LogP contribution < -0.4 is 0 Å². The van der Waals surface area contributed by atoms with Crippen LogP contribution in [0.2, 0.25) is 0 Å². The van der Waals surface area contributed by atoms with Crippen LogP contribution in [0.25, 0.3) is 0 Å². The van der Waals surface area contributed by atoms with E-state index in [1.165, 1.54) is 96.3 Å². The van der Waals surface area contributed by atoms with Crippen LogP contribution in [0.4, 0.5) is 0 Å². The molecule has 3 aliphatic heterocycles. The average molecular weight is 517 g/mol. The lowest BCUT2D eigenvalue weighted by Gasteiger charge is -2.37. The van der Waals surface area contributed by atoms with E-state index in [0.717, 1.165) is 43.7 Å². The Balaban J connectivity index is -0.000000371. The molecule has 2 unspecified atom stereocenters. The molecule has 0 aromatic heterocycles. The predicted octanol–water partition coefficient (Wildman–Crippen LogP) is 10.9. The maximum Gasteiger partial charge on any atom is 0.0597 e. The highest BCUT2D eigenvalue weighted by molar-refractivity contribution is 4.81. The number of hydrogen-bond donors (Lipinski definition) is 0. The molecule has 0 radical (unpaired) electrons. The lowest BCUT2D eigenvalue weighted by Crippen LogP contribution is -2.26. The Morgan fingerprint density at radius 3 is 1.22 bits per heavy atom. The smallest absolute Gasteiger partial charge is 0.0597 e. The van der Waals surface area contributed by atoms with Gasteiger partial charge in [-0.05, 0) is 56.3 Å². The summed E-state index contributed by atoms with van der Waals surface area (Å²) >= 11 is 0. The summed E-state index contributed by atoms with van der Waals surface area (Å²) in [5.41, 5.74) is 0.764. The van der Waals surface area contributed by atoms with E-state index in [1.54, 1.807) is 0 Å². The van der Waals surface area contributed by atoms with Crippen molar-refractivity contribution in [3.05, 3.63) is 0 Å². The van der Waals surface area contributed by atoms with Gasteiger partial charge < -0.3 is 14.2 Å². The van der Waals surface area contributed by atoms with Crippen molar-refractivity contribution in [1.82, 2.24) is 0 Å². The molecule has 0 bridgehead atoms. The van der Waals surface area contributed by atoms with Gasteiger partial charge in [0, 0.05) is 19.1 Å². The van der Waals surface area contributed by atoms with Crippen molar-refractivity contribution >= 4 is 0 Å². The largest absolute Gasteiger partial charge is 0.381 e. The molecule has 36 heavy (non-hydrogen) atoms. The molecule has 3 heterocycles. The lowest BCUT2D eigenvalue weighted by atomic mass is 9.69. The van der Waals surface area contributed by atoms with Crippen LogP contribution >= 0.6 is 0 Å². The van der Waals surface area contributed by atoms with Crippen molar-refractivity contribution in [1.29, 1.82) is 0 Å². The van der Waals surface area contributed by atoms with Gasteiger partial charge in [-0.2, -0.15) is 0 Å². The molecule has 3 saturated heterocycles. The first-order valence-electron chi connectivity index (χ1n) is 14.8. The minimum atomic E-state index is 0. The molecular formula is C33H72O3. The zero-order valence-electron chi connectivity index (χ0n) is 23.5. The number of hydrogen-bond acceptors (Lipinski definition) is 3. The predicted molar refractivity (Wildman–Crippen MR) is 163 cm³/mol. The van der Waals surface area contributed by atoms with Crippen molar-refractivity contribution in [2.45, 2.75) is 172 Å². The fourth-order valence-corrected chi connectivity index (χ4v) is 4.34. The van der Waals surface area contributed by atoms with Crippen LogP contribution in [0.3, 0.4) is 0 Å². The molecular weight excluding hydrogens is 444 g/mol. The molecule has 3 nitrogen and oxygen atoms in total. The Bertz CT molecular complexity index is 378. The van der Waals surface area contributed by atoms with E-state index >= 15 is 0 Å². The Hall–Kier alpha value is -0.120. The highest BCUT2D eigenvalue weighted by atomic mass is 16.5. The van der Waals surface area contributed by atoms with Gasteiger partial charge in [-0.15, -0.1) is 0 Å². The molecule has 2 aliphatic carbocycles. The highest BCUT2D eigenvalue weighted by Crippen LogP contribution is 2.42. The van der Waals surface area contributed by atoms with Gasteiger partial charge in [0.2, 0.25) is 0 Å². The van der Waals surface area contributed by atoms with E-state index < -0.39 is 0 Å². The van der Waals surface area contributed by atoms with Crippen molar-refractivity contribution in [3.8, 4) is 0 Å².